The SMILES string of the molecule is NC(=NCc1ncccc1F)NCC1CCC1. The van der Waals surface area contributed by atoms with Crippen LogP contribution in [0.25, 0.3) is 0 Å². The van der Waals surface area contributed by atoms with Gasteiger partial charge in [-0.1, -0.05) is 6.42 Å². The Morgan fingerprint density at radius 3 is 3.06 bits per heavy atom. The fourth-order valence-corrected chi connectivity index (χ4v) is 1.70. The molecule has 0 spiro atoms. The molecule has 0 unspecified atom stereocenters. The summed E-state index contributed by atoms with van der Waals surface area (Å²) in [5.74, 6) is 0.736. The monoisotopic (exact) mass is 236 g/mol. The number of pyridine rings is 1. The van der Waals surface area contributed by atoms with Gasteiger partial charge in [-0.3, -0.25) is 4.98 Å². The maximum atomic E-state index is 13.2. The van der Waals surface area contributed by atoms with E-state index in [0.29, 0.717) is 11.7 Å². The van der Waals surface area contributed by atoms with Gasteiger partial charge in [-0.15, -0.1) is 0 Å². The van der Waals surface area contributed by atoms with Crippen molar-refractivity contribution in [3.05, 3.63) is 29.8 Å². The summed E-state index contributed by atoms with van der Waals surface area (Å²) in [6, 6.07) is 2.93. The number of aromatic nitrogens is 1. The number of rotatable bonds is 4. The summed E-state index contributed by atoms with van der Waals surface area (Å²) >= 11 is 0. The van der Waals surface area contributed by atoms with E-state index < -0.39 is 0 Å². The van der Waals surface area contributed by atoms with Crippen LogP contribution in [-0.4, -0.2) is 17.5 Å². The van der Waals surface area contributed by atoms with E-state index >= 15 is 0 Å². The first kappa shape index (κ1) is 11.8. The number of guanidine groups is 1. The molecule has 2 rings (SSSR count). The van der Waals surface area contributed by atoms with Crippen molar-refractivity contribution in [3.63, 3.8) is 0 Å². The Bertz CT molecular complexity index is 401. The minimum atomic E-state index is -0.344. The Morgan fingerprint density at radius 1 is 1.59 bits per heavy atom. The second-order valence-corrected chi connectivity index (χ2v) is 4.31. The number of halogens is 1. The zero-order valence-corrected chi connectivity index (χ0v) is 9.69. The van der Waals surface area contributed by atoms with Crippen molar-refractivity contribution in [2.45, 2.75) is 25.8 Å². The first-order valence-corrected chi connectivity index (χ1v) is 5.89. The fourth-order valence-electron chi connectivity index (χ4n) is 1.70. The maximum Gasteiger partial charge on any atom is 0.188 e. The van der Waals surface area contributed by atoms with Crippen molar-refractivity contribution in [1.29, 1.82) is 0 Å². The minimum Gasteiger partial charge on any atom is -0.370 e. The van der Waals surface area contributed by atoms with Crippen LogP contribution in [0.15, 0.2) is 23.3 Å². The second-order valence-electron chi connectivity index (χ2n) is 4.31. The van der Waals surface area contributed by atoms with Gasteiger partial charge in [-0.2, -0.15) is 0 Å². The molecule has 0 aliphatic heterocycles. The Labute approximate surface area is 100 Å². The van der Waals surface area contributed by atoms with Gasteiger partial charge >= 0.3 is 0 Å². The van der Waals surface area contributed by atoms with Crippen LogP contribution in [0, 0.1) is 11.7 Å². The molecule has 0 radical (unpaired) electrons. The van der Waals surface area contributed by atoms with E-state index in [0.717, 1.165) is 12.5 Å². The maximum absolute atomic E-state index is 13.2. The first-order chi connectivity index (χ1) is 8.25. The van der Waals surface area contributed by atoms with Gasteiger partial charge in [0.25, 0.3) is 0 Å². The van der Waals surface area contributed by atoms with Gasteiger partial charge in [0.05, 0.1) is 12.2 Å². The van der Waals surface area contributed by atoms with Crippen molar-refractivity contribution in [2.24, 2.45) is 16.6 Å². The molecule has 1 aromatic heterocycles. The van der Waals surface area contributed by atoms with Gasteiger partial charge in [-0.25, -0.2) is 9.38 Å². The first-order valence-electron chi connectivity index (χ1n) is 5.89. The van der Waals surface area contributed by atoms with Crippen molar-refractivity contribution in [3.8, 4) is 0 Å². The molecule has 0 atom stereocenters. The summed E-state index contributed by atoms with van der Waals surface area (Å²) in [7, 11) is 0. The quantitative estimate of drug-likeness (QED) is 0.614. The third-order valence-corrected chi connectivity index (χ3v) is 3.03. The average Bonchev–Trinajstić information content (AvgIpc) is 2.26. The molecular formula is C12H17FN4. The van der Waals surface area contributed by atoms with E-state index in [1.807, 2.05) is 0 Å². The number of hydrogen-bond acceptors (Lipinski definition) is 2. The molecule has 0 aromatic carbocycles. The standard InChI is InChI=1S/C12H17FN4/c13-10-5-2-6-15-11(10)8-17-12(14)16-7-9-3-1-4-9/h2,5-6,9H,1,3-4,7-8H2,(H3,14,16,17). The van der Waals surface area contributed by atoms with Crippen LogP contribution in [0.2, 0.25) is 0 Å². The zero-order chi connectivity index (χ0) is 12.1. The summed E-state index contributed by atoms with van der Waals surface area (Å²) < 4.78 is 13.2. The van der Waals surface area contributed by atoms with E-state index in [1.165, 1.54) is 25.3 Å². The van der Waals surface area contributed by atoms with Gasteiger partial charge in [0.2, 0.25) is 0 Å². The zero-order valence-electron chi connectivity index (χ0n) is 9.69. The number of nitrogens with zero attached hydrogens (tertiary/aromatic N) is 2. The van der Waals surface area contributed by atoms with E-state index in [2.05, 4.69) is 15.3 Å². The summed E-state index contributed by atoms with van der Waals surface area (Å²) in [5, 5.41) is 3.05. The number of nitrogens with one attached hydrogen (secondary N) is 1. The Kier molecular flexibility index (Phi) is 3.90. The topological polar surface area (TPSA) is 63.3 Å². The molecule has 1 heterocycles. The highest BCUT2D eigenvalue weighted by Crippen LogP contribution is 2.24. The number of nitrogens with two attached hydrogens (primary N) is 1. The highest BCUT2D eigenvalue weighted by Gasteiger charge is 2.16. The molecule has 1 aromatic rings. The molecular weight excluding hydrogens is 219 g/mol. The molecule has 4 nitrogen and oxygen atoms in total. The molecule has 0 bridgehead atoms. The summed E-state index contributed by atoms with van der Waals surface area (Å²) in [6.07, 6.45) is 5.37. The lowest BCUT2D eigenvalue weighted by Crippen LogP contribution is -2.37. The minimum absolute atomic E-state index is 0.177. The van der Waals surface area contributed by atoms with Crippen LogP contribution in [0.3, 0.4) is 0 Å². The van der Waals surface area contributed by atoms with E-state index in [-0.39, 0.29) is 12.4 Å². The van der Waals surface area contributed by atoms with Gasteiger partial charge in [-0.05, 0) is 30.9 Å². The molecule has 0 amide bonds. The average molecular weight is 236 g/mol. The molecule has 92 valence electrons. The predicted molar refractivity (Wildman–Crippen MR) is 64.9 cm³/mol. The van der Waals surface area contributed by atoms with E-state index in [4.69, 9.17) is 5.73 Å². The normalized spacial score (nSPS) is 16.6. The third-order valence-electron chi connectivity index (χ3n) is 3.03. The highest BCUT2D eigenvalue weighted by atomic mass is 19.1. The van der Waals surface area contributed by atoms with Crippen LogP contribution in [-0.2, 0) is 6.54 Å². The largest absolute Gasteiger partial charge is 0.370 e. The van der Waals surface area contributed by atoms with Gasteiger partial charge < -0.3 is 11.1 Å². The Balaban J connectivity index is 1.80. The Hall–Kier alpha value is -1.65. The lowest BCUT2D eigenvalue weighted by Gasteiger charge is -2.25. The molecule has 1 saturated carbocycles. The molecule has 5 heteroatoms. The van der Waals surface area contributed by atoms with Crippen LogP contribution in [0.5, 0.6) is 0 Å². The van der Waals surface area contributed by atoms with Gasteiger partial charge in [0.15, 0.2) is 5.96 Å². The molecule has 1 aliphatic carbocycles. The predicted octanol–water partition coefficient (Wildman–Crippen LogP) is 1.43. The summed E-state index contributed by atoms with van der Waals surface area (Å²) in [6.45, 7) is 1.04. The smallest absolute Gasteiger partial charge is 0.188 e. The molecule has 17 heavy (non-hydrogen) atoms. The molecule has 0 saturated heterocycles. The van der Waals surface area contributed by atoms with Crippen LogP contribution in [0.1, 0.15) is 25.0 Å². The second kappa shape index (κ2) is 5.61. The van der Waals surface area contributed by atoms with Crippen LogP contribution in [0.4, 0.5) is 4.39 Å². The molecule has 1 fully saturated rings. The van der Waals surface area contributed by atoms with Gasteiger partial charge in [0, 0.05) is 12.7 Å². The number of aliphatic imine (C=N–C) groups is 1. The molecule has 3 N–H and O–H groups in total. The fraction of sp³-hybridized carbons (Fsp3) is 0.500. The van der Waals surface area contributed by atoms with Crippen molar-refractivity contribution >= 4 is 5.96 Å². The van der Waals surface area contributed by atoms with Crippen molar-refractivity contribution in [2.75, 3.05) is 6.54 Å². The van der Waals surface area contributed by atoms with Crippen LogP contribution < -0.4 is 11.1 Å². The Morgan fingerprint density at radius 2 is 2.41 bits per heavy atom. The summed E-state index contributed by atoms with van der Waals surface area (Å²) in [5.41, 5.74) is 6.01. The summed E-state index contributed by atoms with van der Waals surface area (Å²) in [4.78, 5) is 7.97. The lowest BCUT2D eigenvalue weighted by molar-refractivity contribution is 0.315. The highest BCUT2D eigenvalue weighted by molar-refractivity contribution is 5.77. The van der Waals surface area contributed by atoms with Crippen molar-refractivity contribution in [1.82, 2.24) is 10.3 Å². The molecule has 1 aliphatic rings. The van der Waals surface area contributed by atoms with E-state index in [9.17, 15) is 4.39 Å². The lowest BCUT2D eigenvalue weighted by atomic mass is 9.85. The number of hydrogen-bond donors (Lipinski definition) is 2. The van der Waals surface area contributed by atoms with Gasteiger partial charge in [0.1, 0.15) is 5.82 Å². The van der Waals surface area contributed by atoms with E-state index in [1.54, 1.807) is 12.3 Å². The van der Waals surface area contributed by atoms with Crippen LogP contribution >= 0.6 is 0 Å². The van der Waals surface area contributed by atoms with Crippen molar-refractivity contribution < 1.29 is 4.39 Å². The third kappa shape index (κ3) is 3.41.